The van der Waals surface area contributed by atoms with E-state index < -0.39 is 6.04 Å². The minimum atomic E-state index is -0.464. The number of carbonyl (C=O) groups is 2. The second-order valence-corrected chi connectivity index (χ2v) is 5.06. The second kappa shape index (κ2) is 4.02. The van der Waals surface area contributed by atoms with Crippen LogP contribution in [0.5, 0.6) is 0 Å². The standard InChI is InChI=1S/C11H13N5O2S/c1-5-8-10(15(2)14-5)16(11(19)13-8)6-3-4-7(17)12-9(6)18/h6H,3-4H2,1-2H3,(H,13,19)(H,12,17,18). The van der Waals surface area contributed by atoms with Crippen molar-refractivity contribution in [3.05, 3.63) is 10.5 Å². The van der Waals surface area contributed by atoms with Crippen molar-refractivity contribution in [2.24, 2.45) is 7.05 Å². The van der Waals surface area contributed by atoms with E-state index in [1.54, 1.807) is 16.3 Å². The van der Waals surface area contributed by atoms with Gasteiger partial charge >= 0.3 is 0 Å². The van der Waals surface area contributed by atoms with Crippen molar-refractivity contribution >= 4 is 35.2 Å². The summed E-state index contributed by atoms with van der Waals surface area (Å²) in [5, 5.41) is 6.65. The van der Waals surface area contributed by atoms with E-state index in [0.717, 1.165) is 16.9 Å². The molecule has 3 rings (SSSR count). The molecule has 0 spiro atoms. The predicted molar refractivity (Wildman–Crippen MR) is 70.0 cm³/mol. The minimum Gasteiger partial charge on any atom is -0.328 e. The first-order valence-electron chi connectivity index (χ1n) is 5.96. The van der Waals surface area contributed by atoms with Crippen LogP contribution in [-0.2, 0) is 16.6 Å². The summed E-state index contributed by atoms with van der Waals surface area (Å²) in [6.07, 6.45) is 0.776. The number of nitrogens with one attached hydrogen (secondary N) is 2. The summed E-state index contributed by atoms with van der Waals surface area (Å²) >= 11 is 5.29. The van der Waals surface area contributed by atoms with Gasteiger partial charge in [-0.15, -0.1) is 0 Å². The van der Waals surface area contributed by atoms with Gasteiger partial charge in [0.1, 0.15) is 11.6 Å². The molecular weight excluding hydrogens is 266 g/mol. The number of carbonyl (C=O) groups excluding carboxylic acids is 2. The molecule has 0 saturated carbocycles. The molecule has 1 saturated heterocycles. The summed E-state index contributed by atoms with van der Waals surface area (Å²) in [6.45, 7) is 1.88. The number of H-pyrrole nitrogens is 1. The molecule has 1 aliphatic rings. The molecule has 2 amide bonds. The Hall–Kier alpha value is -1.96. The maximum absolute atomic E-state index is 12.0. The highest BCUT2D eigenvalue weighted by atomic mass is 32.1. The van der Waals surface area contributed by atoms with E-state index >= 15 is 0 Å². The number of aromatic amines is 1. The quantitative estimate of drug-likeness (QED) is 0.595. The first kappa shape index (κ1) is 12.1. The summed E-state index contributed by atoms with van der Waals surface area (Å²) in [7, 11) is 1.81. The fraction of sp³-hybridized carbons (Fsp3) is 0.455. The molecule has 1 fully saturated rings. The number of amides is 2. The van der Waals surface area contributed by atoms with Gasteiger partial charge in [-0.05, 0) is 25.6 Å². The summed E-state index contributed by atoms with van der Waals surface area (Å²) < 4.78 is 3.91. The van der Waals surface area contributed by atoms with E-state index in [9.17, 15) is 9.59 Å². The van der Waals surface area contributed by atoms with Crippen LogP contribution >= 0.6 is 12.2 Å². The van der Waals surface area contributed by atoms with Crippen molar-refractivity contribution in [1.29, 1.82) is 0 Å². The Morgan fingerprint density at radius 1 is 1.42 bits per heavy atom. The van der Waals surface area contributed by atoms with Crippen LogP contribution in [-0.4, -0.2) is 31.1 Å². The van der Waals surface area contributed by atoms with E-state index in [2.05, 4.69) is 15.4 Å². The molecular formula is C11H13N5O2S. The third-order valence-corrected chi connectivity index (χ3v) is 3.69. The van der Waals surface area contributed by atoms with Gasteiger partial charge in [0.15, 0.2) is 10.4 Å². The molecule has 100 valence electrons. The van der Waals surface area contributed by atoms with Crippen LogP contribution in [0.3, 0.4) is 0 Å². The van der Waals surface area contributed by atoms with Crippen LogP contribution < -0.4 is 5.32 Å². The number of hydrogen-bond acceptors (Lipinski definition) is 4. The van der Waals surface area contributed by atoms with Gasteiger partial charge in [-0.1, -0.05) is 0 Å². The van der Waals surface area contributed by atoms with Gasteiger partial charge in [0.25, 0.3) is 0 Å². The largest absolute Gasteiger partial charge is 0.328 e. The summed E-state index contributed by atoms with van der Waals surface area (Å²) in [5.74, 6) is -0.548. The monoisotopic (exact) mass is 279 g/mol. The fourth-order valence-corrected chi connectivity index (χ4v) is 2.87. The molecule has 1 atom stereocenters. The van der Waals surface area contributed by atoms with E-state index in [-0.39, 0.29) is 11.8 Å². The van der Waals surface area contributed by atoms with Gasteiger partial charge in [0.05, 0.1) is 5.69 Å². The normalized spacial score (nSPS) is 20.0. The summed E-state index contributed by atoms with van der Waals surface area (Å²) in [5.41, 5.74) is 2.43. The Morgan fingerprint density at radius 2 is 2.16 bits per heavy atom. The maximum atomic E-state index is 12.0. The van der Waals surface area contributed by atoms with Crippen LogP contribution in [0.25, 0.3) is 11.2 Å². The zero-order valence-corrected chi connectivity index (χ0v) is 11.4. The number of imide groups is 1. The van der Waals surface area contributed by atoms with E-state index in [1.807, 2.05) is 6.92 Å². The number of piperidine rings is 1. The van der Waals surface area contributed by atoms with Crippen LogP contribution in [0, 0.1) is 11.7 Å². The molecule has 0 radical (unpaired) electrons. The van der Waals surface area contributed by atoms with Crippen LogP contribution in [0.2, 0.25) is 0 Å². The molecule has 2 aromatic heterocycles. The average Bonchev–Trinajstić information content (AvgIpc) is 2.79. The molecule has 2 aromatic rings. The van der Waals surface area contributed by atoms with Crippen molar-refractivity contribution in [2.45, 2.75) is 25.8 Å². The lowest BCUT2D eigenvalue weighted by molar-refractivity contribution is -0.135. The van der Waals surface area contributed by atoms with Gasteiger partial charge in [-0.3, -0.25) is 24.2 Å². The van der Waals surface area contributed by atoms with Crippen molar-refractivity contribution in [2.75, 3.05) is 0 Å². The molecule has 1 unspecified atom stereocenters. The number of rotatable bonds is 1. The molecule has 19 heavy (non-hydrogen) atoms. The van der Waals surface area contributed by atoms with Crippen molar-refractivity contribution in [3.8, 4) is 0 Å². The number of hydrogen-bond donors (Lipinski definition) is 2. The van der Waals surface area contributed by atoms with Crippen LogP contribution in [0.15, 0.2) is 0 Å². The Labute approximate surface area is 113 Å². The third-order valence-electron chi connectivity index (χ3n) is 3.39. The Bertz CT molecular complexity index is 753. The summed E-state index contributed by atoms with van der Waals surface area (Å²) in [6, 6.07) is -0.464. The lowest BCUT2D eigenvalue weighted by atomic mass is 10.1. The lowest BCUT2D eigenvalue weighted by Gasteiger charge is -2.22. The Balaban J connectivity index is 2.20. The van der Waals surface area contributed by atoms with E-state index in [1.165, 1.54) is 0 Å². The first-order chi connectivity index (χ1) is 8.99. The number of nitrogens with zero attached hydrogens (tertiary/aromatic N) is 3. The first-order valence-corrected chi connectivity index (χ1v) is 6.37. The van der Waals surface area contributed by atoms with Crippen molar-refractivity contribution in [1.82, 2.24) is 24.6 Å². The summed E-state index contributed by atoms with van der Waals surface area (Å²) in [4.78, 5) is 26.3. The van der Waals surface area contributed by atoms with Crippen LogP contribution in [0.4, 0.5) is 0 Å². The number of imidazole rings is 1. The molecule has 0 aliphatic carbocycles. The van der Waals surface area contributed by atoms with Gasteiger partial charge in [0.2, 0.25) is 11.8 Å². The average molecular weight is 279 g/mol. The Kier molecular flexibility index (Phi) is 2.56. The topological polar surface area (TPSA) is 84.7 Å². The van der Waals surface area contributed by atoms with Gasteiger partial charge in [-0.25, -0.2) is 0 Å². The smallest absolute Gasteiger partial charge is 0.249 e. The van der Waals surface area contributed by atoms with Crippen molar-refractivity contribution in [3.63, 3.8) is 0 Å². The van der Waals surface area contributed by atoms with Gasteiger partial charge in [-0.2, -0.15) is 5.10 Å². The molecule has 0 aromatic carbocycles. The molecule has 2 N–H and O–H groups in total. The molecule has 8 heteroatoms. The fourth-order valence-electron chi connectivity index (χ4n) is 2.55. The van der Waals surface area contributed by atoms with Gasteiger partial charge < -0.3 is 4.98 Å². The zero-order valence-electron chi connectivity index (χ0n) is 10.6. The number of aromatic nitrogens is 4. The predicted octanol–water partition coefficient (Wildman–Crippen LogP) is 0.719. The van der Waals surface area contributed by atoms with Crippen molar-refractivity contribution < 1.29 is 9.59 Å². The van der Waals surface area contributed by atoms with E-state index in [0.29, 0.717) is 17.6 Å². The number of aryl methyl sites for hydroxylation is 2. The molecule has 7 nitrogen and oxygen atoms in total. The molecule has 1 aliphatic heterocycles. The van der Waals surface area contributed by atoms with Crippen LogP contribution in [0.1, 0.15) is 24.6 Å². The number of fused-ring (bicyclic) bond motifs is 1. The minimum absolute atomic E-state index is 0.235. The zero-order chi connectivity index (χ0) is 13.7. The highest BCUT2D eigenvalue weighted by molar-refractivity contribution is 7.71. The Morgan fingerprint density at radius 3 is 2.84 bits per heavy atom. The highest BCUT2D eigenvalue weighted by Gasteiger charge is 2.30. The van der Waals surface area contributed by atoms with Gasteiger partial charge in [0, 0.05) is 13.5 Å². The molecule has 3 heterocycles. The second-order valence-electron chi connectivity index (χ2n) is 4.67. The lowest BCUT2D eigenvalue weighted by Crippen LogP contribution is -2.41. The highest BCUT2D eigenvalue weighted by Crippen LogP contribution is 2.25. The SMILES string of the molecule is Cc1nn(C)c2c1[nH]c(=S)n2C1CCC(=O)NC1=O. The molecule has 0 bridgehead atoms. The van der Waals surface area contributed by atoms with E-state index in [4.69, 9.17) is 12.2 Å². The third kappa shape index (κ3) is 1.71. The maximum Gasteiger partial charge on any atom is 0.249 e.